The summed E-state index contributed by atoms with van der Waals surface area (Å²) < 4.78 is 0. The summed E-state index contributed by atoms with van der Waals surface area (Å²) in [7, 11) is 0. The van der Waals surface area contributed by atoms with E-state index in [1.807, 2.05) is 84.6 Å². The fraction of sp³-hybridized carbons (Fsp3) is 0.296. The van der Waals surface area contributed by atoms with Gasteiger partial charge in [0.25, 0.3) is 0 Å². The summed E-state index contributed by atoms with van der Waals surface area (Å²) in [5.41, 5.74) is 3.06. The second kappa shape index (κ2) is 9.35. The molecule has 2 aromatic carbocycles. The van der Waals surface area contributed by atoms with E-state index in [-0.39, 0.29) is 17.9 Å². The molecule has 1 aliphatic rings. The Morgan fingerprint density at radius 3 is 2.25 bits per heavy atom. The zero-order valence-corrected chi connectivity index (χ0v) is 18.6. The number of likely N-dealkylation sites (tertiary alicyclic amines) is 1. The third kappa shape index (κ3) is 4.28. The molecule has 1 aromatic heterocycles. The predicted molar refractivity (Wildman–Crippen MR) is 125 cm³/mol. The van der Waals surface area contributed by atoms with E-state index in [4.69, 9.17) is 0 Å². The molecule has 0 saturated carbocycles. The van der Waals surface area contributed by atoms with Gasteiger partial charge in [-0.2, -0.15) is 0 Å². The van der Waals surface area contributed by atoms with E-state index in [2.05, 4.69) is 10.3 Å². The number of nitrogens with one attached hydrogen (secondary N) is 1. The highest BCUT2D eigenvalue weighted by molar-refractivity contribution is 5.92. The minimum Gasteiger partial charge on any atom is -0.351 e. The summed E-state index contributed by atoms with van der Waals surface area (Å²) in [6, 6.07) is 24.0. The lowest BCUT2D eigenvalue weighted by molar-refractivity contribution is -0.136. The van der Waals surface area contributed by atoms with Crippen LogP contribution in [0.5, 0.6) is 0 Å². The molecule has 4 rings (SSSR count). The minimum atomic E-state index is -0.781. The van der Waals surface area contributed by atoms with Crippen LogP contribution in [0.1, 0.15) is 55.1 Å². The lowest BCUT2D eigenvalue weighted by Gasteiger charge is -2.36. The van der Waals surface area contributed by atoms with E-state index in [9.17, 15) is 9.59 Å². The Morgan fingerprint density at radius 1 is 1.03 bits per heavy atom. The summed E-state index contributed by atoms with van der Waals surface area (Å²) in [4.78, 5) is 31.9. The van der Waals surface area contributed by atoms with Crippen molar-refractivity contribution in [3.05, 3.63) is 101 Å². The number of carbonyl (C=O) groups excluding carboxylic acids is 2. The van der Waals surface area contributed by atoms with Crippen molar-refractivity contribution in [3.63, 3.8) is 0 Å². The van der Waals surface area contributed by atoms with Gasteiger partial charge < -0.3 is 10.2 Å². The molecule has 0 aliphatic carbocycles. The van der Waals surface area contributed by atoms with E-state index in [0.29, 0.717) is 6.54 Å². The molecule has 1 aliphatic heterocycles. The molecule has 164 valence electrons. The minimum absolute atomic E-state index is 0.00618. The van der Waals surface area contributed by atoms with Gasteiger partial charge in [0.15, 0.2) is 0 Å². The standard InChI is InChI=1S/C27H29N3O2/c1-20(31)29-19-24-18-21(15-16-28-24)25-14-9-17-30(25)26(32)27(2,22-10-5-3-6-11-22)23-12-7-4-8-13-23/h3-8,10-13,15-16,18,25H,9,14,17,19H2,1-2H3,(H,29,31)/t25-/m0/s1. The average Bonchev–Trinajstić information content (AvgIpc) is 3.33. The van der Waals surface area contributed by atoms with Gasteiger partial charge in [0, 0.05) is 19.7 Å². The zero-order valence-electron chi connectivity index (χ0n) is 18.6. The van der Waals surface area contributed by atoms with Crippen LogP contribution >= 0.6 is 0 Å². The van der Waals surface area contributed by atoms with Crippen molar-refractivity contribution in [2.24, 2.45) is 0 Å². The van der Waals surface area contributed by atoms with Crippen LogP contribution in [0.2, 0.25) is 0 Å². The van der Waals surface area contributed by atoms with Gasteiger partial charge >= 0.3 is 0 Å². The average molecular weight is 428 g/mol. The molecular weight excluding hydrogens is 398 g/mol. The number of benzene rings is 2. The van der Waals surface area contributed by atoms with Crippen LogP contribution in [0.15, 0.2) is 79.0 Å². The summed E-state index contributed by atoms with van der Waals surface area (Å²) in [5.74, 6) is 0.0222. The van der Waals surface area contributed by atoms with Crippen LogP contribution in [0.3, 0.4) is 0 Å². The van der Waals surface area contributed by atoms with Crippen molar-refractivity contribution in [1.29, 1.82) is 0 Å². The first-order valence-corrected chi connectivity index (χ1v) is 11.1. The van der Waals surface area contributed by atoms with Gasteiger partial charge in [-0.15, -0.1) is 0 Å². The van der Waals surface area contributed by atoms with E-state index < -0.39 is 5.41 Å². The molecule has 3 aromatic rings. The molecule has 5 nitrogen and oxygen atoms in total. The molecule has 1 fully saturated rings. The van der Waals surface area contributed by atoms with Crippen molar-refractivity contribution in [2.75, 3.05) is 6.54 Å². The Hall–Kier alpha value is -3.47. The first kappa shape index (κ1) is 21.8. The van der Waals surface area contributed by atoms with E-state index >= 15 is 0 Å². The summed E-state index contributed by atoms with van der Waals surface area (Å²) in [6.45, 7) is 4.64. The number of rotatable bonds is 6. The van der Waals surface area contributed by atoms with Crippen molar-refractivity contribution in [3.8, 4) is 0 Å². The topological polar surface area (TPSA) is 62.3 Å². The quantitative estimate of drug-likeness (QED) is 0.635. The Labute approximate surface area is 189 Å². The van der Waals surface area contributed by atoms with Gasteiger partial charge in [-0.05, 0) is 48.6 Å². The van der Waals surface area contributed by atoms with Crippen molar-refractivity contribution < 1.29 is 9.59 Å². The smallest absolute Gasteiger partial charge is 0.237 e. The largest absolute Gasteiger partial charge is 0.351 e. The molecule has 32 heavy (non-hydrogen) atoms. The van der Waals surface area contributed by atoms with Crippen LogP contribution in [0.25, 0.3) is 0 Å². The molecule has 0 bridgehead atoms. The SMILES string of the molecule is CC(=O)NCc1cc([C@@H]2CCCN2C(=O)C(C)(c2ccccc2)c2ccccc2)ccn1. The van der Waals surface area contributed by atoms with Gasteiger partial charge in [-0.25, -0.2) is 0 Å². The highest BCUT2D eigenvalue weighted by atomic mass is 16.2. The Kier molecular flexibility index (Phi) is 6.35. The Bertz CT molecular complexity index is 1040. The first-order valence-electron chi connectivity index (χ1n) is 11.1. The molecule has 1 N–H and O–H groups in total. The van der Waals surface area contributed by atoms with E-state index in [1.165, 1.54) is 6.92 Å². The number of nitrogens with zero attached hydrogens (tertiary/aromatic N) is 2. The molecular formula is C27H29N3O2. The third-order valence-electron chi connectivity index (χ3n) is 6.39. The molecule has 2 amide bonds. The zero-order chi connectivity index (χ0) is 22.6. The molecule has 0 spiro atoms. The van der Waals surface area contributed by atoms with Crippen LogP contribution < -0.4 is 5.32 Å². The molecule has 5 heteroatoms. The fourth-order valence-corrected chi connectivity index (χ4v) is 4.62. The van der Waals surface area contributed by atoms with Gasteiger partial charge in [0.2, 0.25) is 11.8 Å². The van der Waals surface area contributed by atoms with E-state index in [0.717, 1.165) is 41.8 Å². The van der Waals surface area contributed by atoms with Crippen molar-refractivity contribution >= 4 is 11.8 Å². The first-order chi connectivity index (χ1) is 15.5. The number of hydrogen-bond acceptors (Lipinski definition) is 3. The summed E-state index contributed by atoms with van der Waals surface area (Å²) >= 11 is 0. The predicted octanol–water partition coefficient (Wildman–Crippen LogP) is 4.39. The van der Waals surface area contributed by atoms with Crippen LogP contribution in [0, 0.1) is 0 Å². The highest BCUT2D eigenvalue weighted by Crippen LogP contribution is 2.40. The molecule has 0 unspecified atom stereocenters. The third-order valence-corrected chi connectivity index (χ3v) is 6.39. The number of aromatic nitrogens is 1. The molecule has 1 saturated heterocycles. The summed E-state index contributed by atoms with van der Waals surface area (Å²) in [5, 5.41) is 2.80. The van der Waals surface area contributed by atoms with Gasteiger partial charge in [-0.3, -0.25) is 14.6 Å². The number of carbonyl (C=O) groups is 2. The number of amides is 2. The van der Waals surface area contributed by atoms with Gasteiger partial charge in [0.1, 0.15) is 0 Å². The van der Waals surface area contributed by atoms with Crippen LogP contribution in [-0.4, -0.2) is 28.2 Å². The normalized spacial score (nSPS) is 16.1. The van der Waals surface area contributed by atoms with Gasteiger partial charge in [0.05, 0.1) is 23.7 Å². The van der Waals surface area contributed by atoms with Crippen LogP contribution in [0.4, 0.5) is 0 Å². The van der Waals surface area contributed by atoms with Gasteiger partial charge in [-0.1, -0.05) is 60.7 Å². The molecule has 0 radical (unpaired) electrons. The highest BCUT2D eigenvalue weighted by Gasteiger charge is 2.43. The molecule has 1 atom stereocenters. The van der Waals surface area contributed by atoms with Crippen LogP contribution in [-0.2, 0) is 21.5 Å². The number of hydrogen-bond donors (Lipinski definition) is 1. The maximum Gasteiger partial charge on any atom is 0.237 e. The number of pyridine rings is 1. The molecule has 2 heterocycles. The summed E-state index contributed by atoms with van der Waals surface area (Å²) in [6.07, 6.45) is 3.63. The lowest BCUT2D eigenvalue weighted by atomic mass is 9.74. The second-order valence-electron chi connectivity index (χ2n) is 8.50. The van der Waals surface area contributed by atoms with Crippen molar-refractivity contribution in [2.45, 2.75) is 44.7 Å². The van der Waals surface area contributed by atoms with E-state index in [1.54, 1.807) is 6.20 Å². The van der Waals surface area contributed by atoms with Crippen molar-refractivity contribution in [1.82, 2.24) is 15.2 Å². The monoisotopic (exact) mass is 427 g/mol. The second-order valence-corrected chi connectivity index (χ2v) is 8.50. The lowest BCUT2D eigenvalue weighted by Crippen LogP contribution is -2.45. The fourth-order valence-electron chi connectivity index (χ4n) is 4.62. The Balaban J connectivity index is 1.69. The maximum atomic E-state index is 14.2. The maximum absolute atomic E-state index is 14.2. The Morgan fingerprint density at radius 2 is 1.66 bits per heavy atom.